The van der Waals surface area contributed by atoms with E-state index >= 15 is 0 Å². The van der Waals surface area contributed by atoms with Crippen molar-refractivity contribution >= 4 is 11.7 Å². The number of aromatic nitrogens is 1. The lowest BCUT2D eigenvalue weighted by Crippen LogP contribution is -2.17. The molecule has 0 radical (unpaired) electrons. The van der Waals surface area contributed by atoms with Crippen LogP contribution in [0.5, 0.6) is 5.75 Å². The maximum atomic E-state index is 12.1. The molecule has 0 aliphatic carbocycles. The van der Waals surface area contributed by atoms with Crippen molar-refractivity contribution in [3.63, 3.8) is 0 Å². The Morgan fingerprint density at radius 1 is 1.35 bits per heavy atom. The number of para-hydroxylation sites is 1. The Hall–Kier alpha value is -2.87. The molecule has 2 aromatic rings. The molecule has 0 bridgehead atoms. The van der Waals surface area contributed by atoms with Gasteiger partial charge in [0.15, 0.2) is 0 Å². The molecule has 5 nitrogen and oxygen atoms in total. The molecule has 1 aromatic carbocycles. The van der Waals surface area contributed by atoms with Gasteiger partial charge in [0.2, 0.25) is 5.91 Å². The van der Waals surface area contributed by atoms with E-state index in [-0.39, 0.29) is 11.8 Å². The summed E-state index contributed by atoms with van der Waals surface area (Å²) in [6.07, 6.45) is 2.59. The number of anilines is 1. The van der Waals surface area contributed by atoms with Crippen LogP contribution in [0.25, 0.3) is 0 Å². The number of hydrogen-bond donors (Lipinski definition) is 1. The Morgan fingerprint density at radius 3 is 2.78 bits per heavy atom. The van der Waals surface area contributed by atoms with Crippen LogP contribution in [0.2, 0.25) is 0 Å². The van der Waals surface area contributed by atoms with Crippen molar-refractivity contribution < 1.29 is 9.53 Å². The zero-order chi connectivity index (χ0) is 16.7. The minimum Gasteiger partial charge on any atom is -0.496 e. The van der Waals surface area contributed by atoms with Crippen molar-refractivity contribution in [2.45, 2.75) is 19.8 Å². The smallest absolute Gasteiger partial charge is 0.225 e. The first-order chi connectivity index (χ1) is 11.1. The second kappa shape index (κ2) is 7.95. The van der Waals surface area contributed by atoms with Gasteiger partial charge >= 0.3 is 0 Å². The molecule has 1 atom stereocenters. The summed E-state index contributed by atoms with van der Waals surface area (Å²) in [6, 6.07) is 13.1. The largest absolute Gasteiger partial charge is 0.496 e. The van der Waals surface area contributed by atoms with E-state index in [1.807, 2.05) is 37.3 Å². The van der Waals surface area contributed by atoms with Crippen LogP contribution < -0.4 is 10.1 Å². The standard InChI is InChI=1S/C18H19N3O2/c1-13(9-15-5-3-4-6-16(15)23-2)10-18(22)21-17-8-7-14(11-19)12-20-17/h3-8,12-13H,9-10H2,1-2H3,(H,20,21,22)/t13-/m0/s1. The van der Waals surface area contributed by atoms with E-state index in [1.165, 1.54) is 6.20 Å². The summed E-state index contributed by atoms with van der Waals surface area (Å²) in [5.41, 5.74) is 1.55. The fourth-order valence-electron chi connectivity index (χ4n) is 2.36. The zero-order valence-corrected chi connectivity index (χ0v) is 13.2. The summed E-state index contributed by atoms with van der Waals surface area (Å²) in [5.74, 6) is 1.38. The van der Waals surface area contributed by atoms with Crippen molar-refractivity contribution in [3.8, 4) is 11.8 Å². The van der Waals surface area contributed by atoms with Crippen LogP contribution in [0.4, 0.5) is 5.82 Å². The van der Waals surface area contributed by atoms with Crippen molar-refractivity contribution in [1.82, 2.24) is 4.98 Å². The monoisotopic (exact) mass is 309 g/mol. The average molecular weight is 309 g/mol. The third-order valence-corrected chi connectivity index (χ3v) is 3.45. The van der Waals surface area contributed by atoms with E-state index in [9.17, 15) is 4.79 Å². The summed E-state index contributed by atoms with van der Waals surface area (Å²) in [7, 11) is 1.65. The molecule has 0 aliphatic rings. The summed E-state index contributed by atoms with van der Waals surface area (Å²) in [4.78, 5) is 16.1. The minimum atomic E-state index is -0.0930. The van der Waals surface area contributed by atoms with Crippen molar-refractivity contribution in [1.29, 1.82) is 5.26 Å². The molecule has 118 valence electrons. The molecule has 0 fully saturated rings. The van der Waals surface area contributed by atoms with E-state index in [4.69, 9.17) is 10.00 Å². The second-order valence-corrected chi connectivity index (χ2v) is 5.42. The van der Waals surface area contributed by atoms with Gasteiger partial charge in [-0.3, -0.25) is 4.79 Å². The van der Waals surface area contributed by atoms with Gasteiger partial charge in [0, 0.05) is 12.6 Å². The number of nitrogens with one attached hydrogen (secondary N) is 1. The lowest BCUT2D eigenvalue weighted by Gasteiger charge is -2.14. The number of rotatable bonds is 6. The molecule has 1 aromatic heterocycles. The molecule has 1 heterocycles. The van der Waals surface area contributed by atoms with Gasteiger partial charge in [-0.05, 0) is 36.1 Å². The van der Waals surface area contributed by atoms with Crippen molar-refractivity contribution in [2.24, 2.45) is 5.92 Å². The Morgan fingerprint density at radius 2 is 2.13 bits per heavy atom. The lowest BCUT2D eigenvalue weighted by atomic mass is 9.97. The Kier molecular flexibility index (Phi) is 5.70. The Balaban J connectivity index is 1.90. The van der Waals surface area contributed by atoms with E-state index in [2.05, 4.69) is 10.3 Å². The summed E-state index contributed by atoms with van der Waals surface area (Å²) in [5, 5.41) is 11.5. The maximum Gasteiger partial charge on any atom is 0.225 e. The predicted molar refractivity (Wildman–Crippen MR) is 88.1 cm³/mol. The van der Waals surface area contributed by atoms with Gasteiger partial charge in [-0.15, -0.1) is 0 Å². The van der Waals surface area contributed by atoms with Crippen molar-refractivity contribution in [3.05, 3.63) is 53.7 Å². The molecule has 1 amide bonds. The van der Waals surface area contributed by atoms with Gasteiger partial charge in [0.25, 0.3) is 0 Å². The molecule has 0 saturated carbocycles. The zero-order valence-electron chi connectivity index (χ0n) is 13.2. The fraction of sp³-hybridized carbons (Fsp3) is 0.278. The van der Waals surface area contributed by atoms with Crippen molar-refractivity contribution in [2.75, 3.05) is 12.4 Å². The summed E-state index contributed by atoms with van der Waals surface area (Å²) < 4.78 is 5.33. The first-order valence-corrected chi connectivity index (χ1v) is 7.40. The minimum absolute atomic E-state index is 0.0930. The number of carbonyl (C=O) groups excluding carboxylic acids is 1. The molecule has 0 aliphatic heterocycles. The number of nitrogens with zero attached hydrogens (tertiary/aromatic N) is 2. The fourth-order valence-corrected chi connectivity index (χ4v) is 2.36. The van der Waals surface area contributed by atoms with Crippen LogP contribution in [0.1, 0.15) is 24.5 Å². The quantitative estimate of drug-likeness (QED) is 0.889. The normalized spacial score (nSPS) is 11.3. The van der Waals surface area contributed by atoms with Crippen LogP contribution in [-0.2, 0) is 11.2 Å². The molecule has 5 heteroatoms. The molecular formula is C18H19N3O2. The highest BCUT2D eigenvalue weighted by Gasteiger charge is 2.13. The van der Waals surface area contributed by atoms with Crippen LogP contribution in [-0.4, -0.2) is 18.0 Å². The molecule has 0 unspecified atom stereocenters. The highest BCUT2D eigenvalue weighted by molar-refractivity contribution is 5.89. The van der Waals surface area contributed by atoms with Gasteiger partial charge in [0.1, 0.15) is 17.6 Å². The van der Waals surface area contributed by atoms with Crippen LogP contribution in [0.3, 0.4) is 0 Å². The summed E-state index contributed by atoms with van der Waals surface area (Å²) >= 11 is 0. The van der Waals surface area contributed by atoms with Gasteiger partial charge in [-0.1, -0.05) is 25.1 Å². The number of benzene rings is 1. The van der Waals surface area contributed by atoms with Crippen LogP contribution >= 0.6 is 0 Å². The predicted octanol–water partition coefficient (Wildman–Crippen LogP) is 3.17. The first kappa shape index (κ1) is 16.5. The molecule has 2 rings (SSSR count). The number of pyridine rings is 1. The van der Waals surface area contributed by atoms with E-state index in [1.54, 1.807) is 19.2 Å². The van der Waals surface area contributed by atoms with Crippen LogP contribution in [0, 0.1) is 17.2 Å². The number of nitriles is 1. The third kappa shape index (κ3) is 4.82. The molecule has 1 N–H and O–H groups in total. The number of ether oxygens (including phenoxy) is 1. The molecule has 23 heavy (non-hydrogen) atoms. The van der Waals surface area contributed by atoms with Gasteiger partial charge in [-0.2, -0.15) is 5.26 Å². The van der Waals surface area contributed by atoms with E-state index < -0.39 is 0 Å². The van der Waals surface area contributed by atoms with E-state index in [0.717, 1.165) is 17.7 Å². The Bertz CT molecular complexity index is 705. The molecule has 0 saturated heterocycles. The highest BCUT2D eigenvalue weighted by atomic mass is 16.5. The van der Waals surface area contributed by atoms with E-state index in [0.29, 0.717) is 17.8 Å². The lowest BCUT2D eigenvalue weighted by molar-refractivity contribution is -0.117. The van der Waals surface area contributed by atoms with Gasteiger partial charge in [0.05, 0.1) is 12.7 Å². The molecule has 0 spiro atoms. The molecular weight excluding hydrogens is 290 g/mol. The maximum absolute atomic E-state index is 12.1. The SMILES string of the molecule is COc1ccccc1C[C@H](C)CC(=O)Nc1ccc(C#N)cn1. The Labute approximate surface area is 135 Å². The summed E-state index contributed by atoms with van der Waals surface area (Å²) in [6.45, 7) is 2.03. The van der Waals surface area contributed by atoms with Crippen LogP contribution in [0.15, 0.2) is 42.6 Å². The highest BCUT2D eigenvalue weighted by Crippen LogP contribution is 2.22. The number of carbonyl (C=O) groups is 1. The number of methoxy groups -OCH3 is 1. The second-order valence-electron chi connectivity index (χ2n) is 5.42. The topological polar surface area (TPSA) is 75.0 Å². The average Bonchev–Trinajstić information content (AvgIpc) is 2.55. The third-order valence-electron chi connectivity index (χ3n) is 3.45. The first-order valence-electron chi connectivity index (χ1n) is 7.40. The number of amides is 1. The van der Waals surface area contributed by atoms with Gasteiger partial charge < -0.3 is 10.1 Å². The van der Waals surface area contributed by atoms with Gasteiger partial charge in [-0.25, -0.2) is 4.98 Å². The number of hydrogen-bond acceptors (Lipinski definition) is 4.